The average molecular weight is 311 g/mol. The molecule has 1 atom stereocenters. The number of benzene rings is 1. The number of nitrogens with zero attached hydrogens (tertiary/aromatic N) is 4. The molecule has 1 aliphatic rings. The summed E-state index contributed by atoms with van der Waals surface area (Å²) in [6.45, 7) is 4.70. The molecule has 122 valence electrons. The SMILES string of the molecule is CC(c1ccc(-c2cc(N)nc(N(C)C)n2)cc1)N1CCCC1. The summed E-state index contributed by atoms with van der Waals surface area (Å²) in [5, 5.41) is 0. The van der Waals surface area contributed by atoms with E-state index in [1.807, 2.05) is 25.1 Å². The summed E-state index contributed by atoms with van der Waals surface area (Å²) in [4.78, 5) is 13.2. The minimum atomic E-state index is 0.472. The van der Waals surface area contributed by atoms with Crippen molar-refractivity contribution in [1.82, 2.24) is 14.9 Å². The number of aromatic nitrogens is 2. The first kappa shape index (κ1) is 15.7. The van der Waals surface area contributed by atoms with Crippen molar-refractivity contribution in [3.63, 3.8) is 0 Å². The highest BCUT2D eigenvalue weighted by Gasteiger charge is 2.19. The molecule has 2 aromatic rings. The van der Waals surface area contributed by atoms with Crippen molar-refractivity contribution < 1.29 is 0 Å². The minimum absolute atomic E-state index is 0.472. The van der Waals surface area contributed by atoms with Gasteiger partial charge in [-0.05, 0) is 38.4 Å². The van der Waals surface area contributed by atoms with Gasteiger partial charge in [-0.2, -0.15) is 4.98 Å². The van der Waals surface area contributed by atoms with Gasteiger partial charge in [-0.15, -0.1) is 0 Å². The maximum atomic E-state index is 5.91. The molecule has 3 rings (SSSR count). The second-order valence-electron chi connectivity index (χ2n) is 6.41. The molecule has 1 fully saturated rings. The quantitative estimate of drug-likeness (QED) is 0.941. The predicted octanol–water partition coefficient (Wildman–Crippen LogP) is 2.95. The maximum Gasteiger partial charge on any atom is 0.227 e. The normalized spacial score (nSPS) is 16.5. The first-order valence-electron chi connectivity index (χ1n) is 8.21. The monoisotopic (exact) mass is 311 g/mol. The van der Waals surface area contributed by atoms with E-state index in [2.05, 4.69) is 46.1 Å². The van der Waals surface area contributed by atoms with Gasteiger partial charge in [0.15, 0.2) is 0 Å². The van der Waals surface area contributed by atoms with Crippen LogP contribution in [0.25, 0.3) is 11.3 Å². The summed E-state index contributed by atoms with van der Waals surface area (Å²) in [6, 6.07) is 11.0. The molecule has 0 spiro atoms. The van der Waals surface area contributed by atoms with Crippen LogP contribution in [0.3, 0.4) is 0 Å². The van der Waals surface area contributed by atoms with Crippen LogP contribution in [0.2, 0.25) is 0 Å². The Labute approximate surface area is 138 Å². The minimum Gasteiger partial charge on any atom is -0.384 e. The summed E-state index contributed by atoms with van der Waals surface area (Å²) in [7, 11) is 3.83. The molecule has 1 aromatic heterocycles. The number of rotatable bonds is 4. The lowest BCUT2D eigenvalue weighted by atomic mass is 10.0. The summed E-state index contributed by atoms with van der Waals surface area (Å²) >= 11 is 0. The summed E-state index contributed by atoms with van der Waals surface area (Å²) in [6.07, 6.45) is 2.63. The number of anilines is 2. The highest BCUT2D eigenvalue weighted by Crippen LogP contribution is 2.27. The Hall–Kier alpha value is -2.14. The van der Waals surface area contributed by atoms with E-state index in [4.69, 9.17) is 5.73 Å². The molecule has 5 heteroatoms. The molecule has 0 amide bonds. The van der Waals surface area contributed by atoms with Crippen LogP contribution in [-0.4, -0.2) is 42.1 Å². The zero-order valence-electron chi connectivity index (χ0n) is 14.2. The van der Waals surface area contributed by atoms with Crippen molar-refractivity contribution in [2.24, 2.45) is 0 Å². The van der Waals surface area contributed by atoms with Gasteiger partial charge in [0.25, 0.3) is 0 Å². The van der Waals surface area contributed by atoms with Crippen molar-refractivity contribution in [3.05, 3.63) is 35.9 Å². The van der Waals surface area contributed by atoms with Gasteiger partial charge in [0, 0.05) is 31.8 Å². The molecule has 1 aliphatic heterocycles. The fourth-order valence-corrected chi connectivity index (χ4v) is 3.07. The number of likely N-dealkylation sites (tertiary alicyclic amines) is 1. The summed E-state index contributed by atoms with van der Waals surface area (Å²) < 4.78 is 0. The second kappa shape index (κ2) is 6.54. The smallest absolute Gasteiger partial charge is 0.227 e. The van der Waals surface area contributed by atoms with Crippen molar-refractivity contribution >= 4 is 11.8 Å². The molecule has 0 radical (unpaired) electrons. The Balaban J connectivity index is 1.84. The van der Waals surface area contributed by atoms with E-state index in [0.29, 0.717) is 17.8 Å². The lowest BCUT2D eigenvalue weighted by Crippen LogP contribution is -2.23. The van der Waals surface area contributed by atoms with Gasteiger partial charge in [-0.3, -0.25) is 4.90 Å². The van der Waals surface area contributed by atoms with Crippen LogP contribution in [0.5, 0.6) is 0 Å². The van der Waals surface area contributed by atoms with Crippen molar-refractivity contribution in [2.45, 2.75) is 25.8 Å². The fourth-order valence-electron chi connectivity index (χ4n) is 3.07. The van der Waals surface area contributed by atoms with Crippen LogP contribution in [0.15, 0.2) is 30.3 Å². The number of nitrogens with two attached hydrogens (primary N) is 1. The van der Waals surface area contributed by atoms with Crippen LogP contribution in [-0.2, 0) is 0 Å². The number of hydrogen-bond acceptors (Lipinski definition) is 5. The zero-order valence-corrected chi connectivity index (χ0v) is 14.2. The Bertz CT molecular complexity index is 660. The molecule has 0 saturated carbocycles. The molecular weight excluding hydrogens is 286 g/mol. The Morgan fingerprint density at radius 2 is 1.74 bits per heavy atom. The highest BCUT2D eigenvalue weighted by atomic mass is 15.2. The topological polar surface area (TPSA) is 58.3 Å². The predicted molar refractivity (Wildman–Crippen MR) is 95.4 cm³/mol. The maximum absolute atomic E-state index is 5.91. The number of nitrogen functional groups attached to an aromatic ring is 1. The van der Waals surface area contributed by atoms with E-state index in [1.165, 1.54) is 31.5 Å². The second-order valence-corrected chi connectivity index (χ2v) is 6.41. The van der Waals surface area contributed by atoms with Gasteiger partial charge in [0.2, 0.25) is 5.95 Å². The van der Waals surface area contributed by atoms with Crippen LogP contribution in [0.1, 0.15) is 31.4 Å². The van der Waals surface area contributed by atoms with E-state index < -0.39 is 0 Å². The van der Waals surface area contributed by atoms with E-state index in [-0.39, 0.29) is 0 Å². The Morgan fingerprint density at radius 3 is 2.35 bits per heavy atom. The van der Waals surface area contributed by atoms with Crippen LogP contribution >= 0.6 is 0 Å². The van der Waals surface area contributed by atoms with Gasteiger partial charge in [0.1, 0.15) is 5.82 Å². The third-order valence-electron chi connectivity index (χ3n) is 4.51. The zero-order chi connectivity index (χ0) is 16.4. The van der Waals surface area contributed by atoms with Crippen molar-refractivity contribution in [3.8, 4) is 11.3 Å². The lowest BCUT2D eigenvalue weighted by Gasteiger charge is -2.24. The third kappa shape index (κ3) is 3.45. The summed E-state index contributed by atoms with van der Waals surface area (Å²) in [5.74, 6) is 1.13. The van der Waals surface area contributed by atoms with Gasteiger partial charge >= 0.3 is 0 Å². The molecule has 2 heterocycles. The van der Waals surface area contributed by atoms with Crippen molar-refractivity contribution in [2.75, 3.05) is 37.8 Å². The molecule has 1 saturated heterocycles. The standard InChI is InChI=1S/C18H25N5/c1-13(23-10-4-5-11-23)14-6-8-15(9-7-14)16-12-17(19)21-18(20-16)22(2)3/h6-9,12-13H,4-5,10-11H2,1-3H3,(H2,19,20,21). The molecule has 5 nitrogen and oxygen atoms in total. The lowest BCUT2D eigenvalue weighted by molar-refractivity contribution is 0.263. The third-order valence-corrected chi connectivity index (χ3v) is 4.51. The van der Waals surface area contributed by atoms with Gasteiger partial charge in [0.05, 0.1) is 5.69 Å². The first-order chi connectivity index (χ1) is 11.0. The Kier molecular flexibility index (Phi) is 4.48. The molecule has 0 aliphatic carbocycles. The van der Waals surface area contributed by atoms with Gasteiger partial charge in [-0.25, -0.2) is 4.98 Å². The fraction of sp³-hybridized carbons (Fsp3) is 0.444. The number of hydrogen-bond donors (Lipinski definition) is 1. The summed E-state index contributed by atoms with van der Waals surface area (Å²) in [5.41, 5.74) is 9.19. The van der Waals surface area contributed by atoms with E-state index in [0.717, 1.165) is 11.3 Å². The van der Waals surface area contributed by atoms with E-state index in [9.17, 15) is 0 Å². The van der Waals surface area contributed by atoms with E-state index in [1.54, 1.807) is 0 Å². The Morgan fingerprint density at radius 1 is 1.09 bits per heavy atom. The molecule has 1 unspecified atom stereocenters. The first-order valence-corrected chi connectivity index (χ1v) is 8.21. The largest absolute Gasteiger partial charge is 0.384 e. The van der Waals surface area contributed by atoms with E-state index >= 15 is 0 Å². The van der Waals surface area contributed by atoms with Gasteiger partial charge < -0.3 is 10.6 Å². The molecule has 2 N–H and O–H groups in total. The van der Waals surface area contributed by atoms with Crippen LogP contribution in [0.4, 0.5) is 11.8 Å². The van der Waals surface area contributed by atoms with Crippen LogP contribution in [0, 0.1) is 0 Å². The van der Waals surface area contributed by atoms with Crippen molar-refractivity contribution in [1.29, 1.82) is 0 Å². The molecule has 23 heavy (non-hydrogen) atoms. The average Bonchev–Trinajstić information content (AvgIpc) is 3.08. The molecule has 1 aromatic carbocycles. The molecule has 0 bridgehead atoms. The van der Waals surface area contributed by atoms with Gasteiger partial charge in [-0.1, -0.05) is 24.3 Å². The van der Waals surface area contributed by atoms with Crippen LogP contribution < -0.4 is 10.6 Å². The molecular formula is C18H25N5. The highest BCUT2D eigenvalue weighted by molar-refractivity contribution is 5.64.